The van der Waals surface area contributed by atoms with Crippen LogP contribution in [-0.2, 0) is 11.2 Å². The first-order chi connectivity index (χ1) is 8.70. The molecule has 0 radical (unpaired) electrons. The van der Waals surface area contributed by atoms with E-state index in [1.54, 1.807) is 0 Å². The van der Waals surface area contributed by atoms with Crippen LogP contribution in [0.15, 0.2) is 29.4 Å². The Morgan fingerprint density at radius 1 is 1.56 bits per heavy atom. The van der Waals surface area contributed by atoms with Gasteiger partial charge in [0.15, 0.2) is 5.84 Å². The minimum atomic E-state index is -0.244. The number of hydrogen-bond donors (Lipinski definition) is 3. The van der Waals surface area contributed by atoms with Crippen molar-refractivity contribution in [2.24, 2.45) is 16.8 Å². The number of ether oxygens (including phenoxy) is 1. The van der Waals surface area contributed by atoms with Crippen molar-refractivity contribution in [2.45, 2.75) is 6.42 Å². The summed E-state index contributed by atoms with van der Waals surface area (Å²) < 4.78 is 5.52. The van der Waals surface area contributed by atoms with E-state index in [9.17, 15) is 4.79 Å². The lowest BCUT2D eigenvalue weighted by Gasteiger charge is -2.24. The zero-order valence-corrected chi connectivity index (χ0v) is 9.80. The van der Waals surface area contributed by atoms with Gasteiger partial charge < -0.3 is 21.0 Å². The van der Waals surface area contributed by atoms with Gasteiger partial charge in [-0.1, -0.05) is 23.4 Å². The van der Waals surface area contributed by atoms with E-state index in [2.05, 4.69) is 10.5 Å². The predicted octanol–water partition coefficient (Wildman–Crippen LogP) is 0.100. The van der Waals surface area contributed by atoms with E-state index in [1.165, 1.54) is 0 Å². The number of fused-ring (bicyclic) bond motifs is 1. The average Bonchev–Trinajstić information content (AvgIpc) is 2.43. The molecule has 1 aromatic carbocycles. The van der Waals surface area contributed by atoms with E-state index in [0.717, 1.165) is 11.3 Å². The monoisotopic (exact) mass is 249 g/mol. The van der Waals surface area contributed by atoms with Crippen LogP contribution in [0.2, 0.25) is 0 Å². The quantitative estimate of drug-likeness (QED) is 0.306. The molecule has 2 rings (SSSR count). The van der Waals surface area contributed by atoms with Crippen LogP contribution in [0.4, 0.5) is 0 Å². The lowest BCUT2D eigenvalue weighted by molar-refractivity contribution is -0.125. The van der Waals surface area contributed by atoms with E-state index < -0.39 is 0 Å². The van der Waals surface area contributed by atoms with Crippen molar-refractivity contribution in [1.82, 2.24) is 5.32 Å². The molecule has 0 aliphatic carbocycles. The summed E-state index contributed by atoms with van der Waals surface area (Å²) in [6.45, 7) is 0.381. The number of hydrogen-bond acceptors (Lipinski definition) is 4. The van der Waals surface area contributed by atoms with Crippen molar-refractivity contribution in [3.8, 4) is 5.75 Å². The molecule has 6 heteroatoms. The van der Waals surface area contributed by atoms with Crippen LogP contribution in [0.5, 0.6) is 5.75 Å². The average molecular weight is 249 g/mol. The number of rotatable bonds is 3. The van der Waals surface area contributed by atoms with Crippen LogP contribution < -0.4 is 15.8 Å². The standard InChI is InChI=1S/C12H15N3O3/c13-11(15-17)6-14-12(16)9-5-8-3-1-2-4-10(8)18-7-9/h1-4,9,17H,5-7H2,(H2,13,15)(H,14,16). The Kier molecular flexibility index (Phi) is 3.66. The van der Waals surface area contributed by atoms with Gasteiger partial charge in [-0.05, 0) is 18.1 Å². The highest BCUT2D eigenvalue weighted by atomic mass is 16.5. The second-order valence-corrected chi connectivity index (χ2v) is 4.13. The molecule has 0 aromatic heterocycles. The number of benzene rings is 1. The van der Waals surface area contributed by atoms with Crippen molar-refractivity contribution in [1.29, 1.82) is 0 Å². The number of nitrogens with zero attached hydrogens (tertiary/aromatic N) is 1. The fourth-order valence-electron chi connectivity index (χ4n) is 1.85. The first-order valence-electron chi connectivity index (χ1n) is 5.65. The van der Waals surface area contributed by atoms with Gasteiger partial charge in [-0.2, -0.15) is 0 Å². The van der Waals surface area contributed by atoms with Gasteiger partial charge in [0.1, 0.15) is 12.4 Å². The smallest absolute Gasteiger partial charge is 0.227 e. The highest BCUT2D eigenvalue weighted by Gasteiger charge is 2.25. The molecule has 0 fully saturated rings. The van der Waals surface area contributed by atoms with Gasteiger partial charge in [0.25, 0.3) is 0 Å². The Hall–Kier alpha value is -2.24. The molecule has 0 saturated heterocycles. The maximum absolute atomic E-state index is 11.8. The van der Waals surface area contributed by atoms with Gasteiger partial charge in [-0.15, -0.1) is 0 Å². The summed E-state index contributed by atoms with van der Waals surface area (Å²) in [7, 11) is 0. The van der Waals surface area contributed by atoms with Gasteiger partial charge >= 0.3 is 0 Å². The molecule has 6 nitrogen and oxygen atoms in total. The Labute approximate surface area is 104 Å². The zero-order valence-electron chi connectivity index (χ0n) is 9.80. The van der Waals surface area contributed by atoms with Gasteiger partial charge in [0.2, 0.25) is 5.91 Å². The Bertz CT molecular complexity index is 473. The molecular weight excluding hydrogens is 234 g/mol. The van der Waals surface area contributed by atoms with Crippen LogP contribution in [-0.4, -0.2) is 30.1 Å². The number of nitrogens with one attached hydrogen (secondary N) is 1. The molecule has 0 spiro atoms. The largest absolute Gasteiger partial charge is 0.492 e. The Morgan fingerprint density at radius 3 is 3.11 bits per heavy atom. The molecule has 18 heavy (non-hydrogen) atoms. The number of amidine groups is 1. The number of oxime groups is 1. The summed E-state index contributed by atoms with van der Waals surface area (Å²) >= 11 is 0. The van der Waals surface area contributed by atoms with E-state index >= 15 is 0 Å². The first kappa shape index (κ1) is 12.2. The Morgan fingerprint density at radius 2 is 2.33 bits per heavy atom. The number of amides is 1. The number of para-hydroxylation sites is 1. The Balaban J connectivity index is 1.94. The summed E-state index contributed by atoms with van der Waals surface area (Å²) in [5, 5.41) is 13.8. The van der Waals surface area contributed by atoms with Crippen molar-refractivity contribution >= 4 is 11.7 Å². The SMILES string of the molecule is NC(CNC(=O)C1COc2ccccc2C1)=NO. The number of carbonyl (C=O) groups excluding carboxylic acids is 1. The summed E-state index contributed by atoms with van der Waals surface area (Å²) in [4.78, 5) is 11.8. The molecule has 1 atom stereocenters. The minimum Gasteiger partial charge on any atom is -0.492 e. The maximum atomic E-state index is 11.8. The van der Waals surface area contributed by atoms with Crippen molar-refractivity contribution in [3.63, 3.8) is 0 Å². The lowest BCUT2D eigenvalue weighted by atomic mass is 9.96. The van der Waals surface area contributed by atoms with Gasteiger partial charge in [-0.3, -0.25) is 4.79 Å². The summed E-state index contributed by atoms with van der Waals surface area (Å²) in [5.41, 5.74) is 6.30. The number of carbonyl (C=O) groups is 1. The van der Waals surface area contributed by atoms with E-state index in [1.807, 2.05) is 24.3 Å². The van der Waals surface area contributed by atoms with Crippen LogP contribution >= 0.6 is 0 Å². The van der Waals surface area contributed by atoms with E-state index in [4.69, 9.17) is 15.7 Å². The molecule has 96 valence electrons. The molecule has 1 heterocycles. The van der Waals surface area contributed by atoms with Crippen LogP contribution in [0.25, 0.3) is 0 Å². The highest BCUT2D eigenvalue weighted by molar-refractivity contribution is 5.87. The molecule has 1 aliphatic heterocycles. The summed E-state index contributed by atoms with van der Waals surface area (Å²) in [5.74, 6) is 0.404. The molecular formula is C12H15N3O3. The van der Waals surface area contributed by atoms with Crippen molar-refractivity contribution < 1.29 is 14.7 Å². The van der Waals surface area contributed by atoms with Crippen molar-refractivity contribution in [2.75, 3.05) is 13.2 Å². The molecule has 1 aromatic rings. The normalized spacial score (nSPS) is 18.7. The fourth-order valence-corrected chi connectivity index (χ4v) is 1.85. The third-order valence-electron chi connectivity index (χ3n) is 2.82. The summed E-state index contributed by atoms with van der Waals surface area (Å²) in [6.07, 6.45) is 0.637. The predicted molar refractivity (Wildman–Crippen MR) is 65.5 cm³/mol. The minimum absolute atomic E-state index is 0.0273. The number of nitrogens with two attached hydrogens (primary N) is 1. The van der Waals surface area contributed by atoms with Crippen molar-refractivity contribution in [3.05, 3.63) is 29.8 Å². The molecule has 4 N–H and O–H groups in total. The highest BCUT2D eigenvalue weighted by Crippen LogP contribution is 2.26. The summed E-state index contributed by atoms with van der Waals surface area (Å²) in [6, 6.07) is 7.65. The lowest BCUT2D eigenvalue weighted by Crippen LogP contribution is -2.41. The second kappa shape index (κ2) is 5.39. The third-order valence-corrected chi connectivity index (χ3v) is 2.82. The van der Waals surface area contributed by atoms with E-state index in [-0.39, 0.29) is 24.2 Å². The van der Waals surface area contributed by atoms with Gasteiger partial charge in [0, 0.05) is 0 Å². The van der Waals surface area contributed by atoms with Crippen LogP contribution in [0.3, 0.4) is 0 Å². The van der Waals surface area contributed by atoms with E-state index in [0.29, 0.717) is 13.0 Å². The first-order valence-corrected chi connectivity index (χ1v) is 5.65. The topological polar surface area (TPSA) is 96.9 Å². The molecule has 1 unspecified atom stereocenters. The molecule has 0 saturated carbocycles. The second-order valence-electron chi connectivity index (χ2n) is 4.13. The molecule has 1 amide bonds. The van der Waals surface area contributed by atoms with Crippen LogP contribution in [0, 0.1) is 5.92 Å². The van der Waals surface area contributed by atoms with Gasteiger partial charge in [-0.25, -0.2) is 0 Å². The van der Waals surface area contributed by atoms with Crippen LogP contribution in [0.1, 0.15) is 5.56 Å². The zero-order chi connectivity index (χ0) is 13.0. The fraction of sp³-hybridized carbons (Fsp3) is 0.333. The molecule has 0 bridgehead atoms. The maximum Gasteiger partial charge on any atom is 0.227 e. The van der Waals surface area contributed by atoms with Gasteiger partial charge in [0.05, 0.1) is 12.5 Å². The third kappa shape index (κ3) is 2.71. The molecule has 1 aliphatic rings.